The third kappa shape index (κ3) is 11.3. The van der Waals surface area contributed by atoms with Crippen LogP contribution in [0.5, 0.6) is 11.8 Å². The van der Waals surface area contributed by atoms with Gasteiger partial charge in [-0.3, -0.25) is 37.8 Å². The minimum Gasteiger partial charge on any atom is -0.480 e. The average Bonchev–Trinajstić information content (AvgIpc) is 4.03. The number of benzene rings is 2. The van der Waals surface area contributed by atoms with E-state index in [-0.39, 0.29) is 67.6 Å². The lowest BCUT2D eigenvalue weighted by molar-refractivity contribution is -0.125. The van der Waals surface area contributed by atoms with Gasteiger partial charge in [0.2, 0.25) is 23.6 Å². The summed E-state index contributed by atoms with van der Waals surface area (Å²) in [6, 6.07) is 17.0. The summed E-state index contributed by atoms with van der Waals surface area (Å²) in [5, 5.41) is 9.30. The van der Waals surface area contributed by atoms with Gasteiger partial charge in [0, 0.05) is 50.7 Å². The van der Waals surface area contributed by atoms with Crippen LogP contribution in [0.1, 0.15) is 25.0 Å². The summed E-state index contributed by atoms with van der Waals surface area (Å²) in [7, 11) is -1.80. The Labute approximate surface area is 422 Å². The number of nitrogens with one attached hydrogen (secondary N) is 4. The molecule has 0 bridgehead atoms. The quantitative estimate of drug-likeness (QED) is 0.0860. The normalized spacial score (nSPS) is 12.3. The Morgan fingerprint density at radius 1 is 0.597 bits per heavy atom. The molecule has 0 saturated carbocycles. The molecule has 0 aliphatic heterocycles. The van der Waals surface area contributed by atoms with Crippen molar-refractivity contribution in [1.82, 2.24) is 39.7 Å². The Bertz CT molecular complexity index is 3460. The van der Waals surface area contributed by atoms with Crippen molar-refractivity contribution in [3.05, 3.63) is 128 Å². The van der Waals surface area contributed by atoms with E-state index < -0.39 is 31.9 Å². The van der Waals surface area contributed by atoms with Crippen molar-refractivity contribution in [2.75, 3.05) is 37.8 Å². The molecule has 376 valence electrons. The number of fused-ring (bicyclic) bond motifs is 2. The van der Waals surface area contributed by atoms with Crippen LogP contribution in [0, 0.1) is 25.7 Å². The van der Waals surface area contributed by atoms with E-state index in [0.717, 1.165) is 22.7 Å². The maximum Gasteiger partial charge on any atom is 0.271 e. The van der Waals surface area contributed by atoms with Crippen LogP contribution in [0.25, 0.3) is 44.1 Å². The topological polar surface area (TPSA) is 265 Å². The number of carbonyl (C=O) groups excluding carboxylic acids is 2. The van der Waals surface area contributed by atoms with E-state index in [9.17, 15) is 36.0 Å². The van der Waals surface area contributed by atoms with E-state index in [0.29, 0.717) is 55.2 Å². The number of anilines is 2. The third-order valence-electron chi connectivity index (χ3n) is 11.3. The SMILES string of the molecule is CNC(=O)[C@@H](C)Cn1cnc2ccc(-c3cnc(OC)c(NS(=O)(=O)c4sccc4C)c3)cc2c1=O.CNC(=O)[C@H](C)Cn1cnc2ccc(-c3cnc(OC)c(NS(=O)(=O)c4sccc4C)c3)cc2c1=O. The molecule has 20 nitrogen and oxygen atoms in total. The molecule has 0 fully saturated rings. The van der Waals surface area contributed by atoms with Gasteiger partial charge in [0.25, 0.3) is 31.2 Å². The molecule has 8 rings (SSSR count). The zero-order valence-corrected chi connectivity index (χ0v) is 43.5. The van der Waals surface area contributed by atoms with E-state index in [1.54, 1.807) is 113 Å². The second-order valence-corrected chi connectivity index (χ2v) is 22.0. The first-order valence-corrected chi connectivity index (χ1v) is 26.7. The molecule has 6 aromatic heterocycles. The van der Waals surface area contributed by atoms with Gasteiger partial charge in [-0.2, -0.15) is 0 Å². The fourth-order valence-electron chi connectivity index (χ4n) is 7.53. The Morgan fingerprint density at radius 3 is 1.32 bits per heavy atom. The van der Waals surface area contributed by atoms with Crippen LogP contribution in [-0.4, -0.2) is 86.0 Å². The van der Waals surface area contributed by atoms with Gasteiger partial charge in [-0.05, 0) is 95.4 Å². The molecular formula is C48H50N10O10S4. The molecule has 4 N–H and O–H groups in total. The van der Waals surface area contributed by atoms with Gasteiger partial charge in [0.1, 0.15) is 19.8 Å². The highest BCUT2D eigenvalue weighted by molar-refractivity contribution is 7.95. The average molecular weight is 1060 g/mol. The fourth-order valence-corrected chi connectivity index (χ4v) is 12.5. The van der Waals surface area contributed by atoms with Crippen molar-refractivity contribution in [1.29, 1.82) is 0 Å². The fraction of sp³-hybridized carbons (Fsp3) is 0.250. The number of aromatic nitrogens is 6. The first kappa shape index (κ1) is 52.3. The van der Waals surface area contributed by atoms with Crippen LogP contribution in [0.3, 0.4) is 0 Å². The predicted molar refractivity (Wildman–Crippen MR) is 278 cm³/mol. The van der Waals surface area contributed by atoms with E-state index in [1.165, 1.54) is 48.4 Å². The van der Waals surface area contributed by atoms with Gasteiger partial charge in [0.15, 0.2) is 0 Å². The number of carbonyl (C=O) groups is 2. The van der Waals surface area contributed by atoms with Gasteiger partial charge in [-0.25, -0.2) is 36.8 Å². The van der Waals surface area contributed by atoms with Crippen molar-refractivity contribution in [2.24, 2.45) is 11.8 Å². The van der Waals surface area contributed by atoms with Gasteiger partial charge in [0.05, 0.1) is 60.5 Å². The van der Waals surface area contributed by atoms with Crippen LogP contribution in [0.4, 0.5) is 11.4 Å². The van der Waals surface area contributed by atoms with Crippen LogP contribution in [0.2, 0.25) is 0 Å². The van der Waals surface area contributed by atoms with Gasteiger partial charge < -0.3 is 20.1 Å². The van der Waals surface area contributed by atoms with Crippen LogP contribution < -0.4 is 40.7 Å². The van der Waals surface area contributed by atoms with Crippen molar-refractivity contribution >= 4 is 87.7 Å². The number of pyridine rings is 2. The number of amides is 2. The van der Waals surface area contributed by atoms with Crippen LogP contribution in [0.15, 0.2) is 114 Å². The highest BCUT2D eigenvalue weighted by Gasteiger charge is 2.24. The summed E-state index contributed by atoms with van der Waals surface area (Å²) in [4.78, 5) is 67.3. The first-order chi connectivity index (χ1) is 34.3. The molecule has 0 unspecified atom stereocenters. The molecule has 24 heteroatoms. The Kier molecular flexibility index (Phi) is 15.9. The van der Waals surface area contributed by atoms with E-state index in [1.807, 2.05) is 0 Å². The Balaban J connectivity index is 0.000000211. The molecule has 6 heterocycles. The van der Waals surface area contributed by atoms with Crippen LogP contribution in [-0.2, 0) is 42.7 Å². The second kappa shape index (κ2) is 21.8. The summed E-state index contributed by atoms with van der Waals surface area (Å²) < 4.78 is 70.7. The number of hydrogen-bond acceptors (Lipinski definition) is 16. The van der Waals surface area contributed by atoms with Gasteiger partial charge in [-0.15, -0.1) is 22.7 Å². The number of hydrogen-bond donors (Lipinski definition) is 4. The van der Waals surface area contributed by atoms with Crippen LogP contribution >= 0.6 is 22.7 Å². The molecule has 0 aliphatic carbocycles. The lowest BCUT2D eigenvalue weighted by Gasteiger charge is -2.14. The number of aryl methyl sites for hydroxylation is 2. The molecule has 72 heavy (non-hydrogen) atoms. The zero-order valence-electron chi connectivity index (χ0n) is 40.2. The molecule has 2 aromatic carbocycles. The minimum atomic E-state index is -3.85. The highest BCUT2D eigenvalue weighted by Crippen LogP contribution is 2.34. The van der Waals surface area contributed by atoms with E-state index in [2.05, 4.69) is 40.0 Å². The predicted octanol–water partition coefficient (Wildman–Crippen LogP) is 6.04. The molecule has 0 saturated heterocycles. The monoisotopic (exact) mass is 1050 g/mol. The summed E-state index contributed by atoms with van der Waals surface area (Å²) in [6.45, 7) is 7.28. The molecule has 8 aromatic rings. The van der Waals surface area contributed by atoms with Gasteiger partial charge in [-0.1, -0.05) is 26.0 Å². The molecule has 0 aliphatic rings. The minimum absolute atomic E-state index is 0.115. The number of rotatable bonds is 16. The smallest absolute Gasteiger partial charge is 0.271 e. The maximum absolute atomic E-state index is 13.1. The van der Waals surface area contributed by atoms with Crippen molar-refractivity contribution in [2.45, 2.75) is 49.2 Å². The van der Waals surface area contributed by atoms with Crippen molar-refractivity contribution in [3.8, 4) is 34.0 Å². The third-order valence-corrected chi connectivity index (χ3v) is 17.4. The number of sulfonamides is 2. The second-order valence-electron chi connectivity index (χ2n) is 16.5. The standard InChI is InChI=1S/2C24H25N5O5S2/c2*1-14-7-8-35-24(14)36(32,33)28-20-10-17(11-26-22(20)34-4)16-5-6-19-18(9-16)23(31)29(13-27-19)12-15(2)21(30)25-3/h2*5-11,13,15,28H,12H2,1-4H3,(H,25,30)/t2*15-/m10/s1. The molecule has 2 atom stereocenters. The number of nitrogens with zero attached hydrogens (tertiary/aromatic N) is 6. The first-order valence-electron chi connectivity index (χ1n) is 21.9. The van der Waals surface area contributed by atoms with Crippen molar-refractivity contribution in [3.63, 3.8) is 0 Å². The summed E-state index contributed by atoms with van der Waals surface area (Å²) in [6.07, 6.45) is 5.93. The number of thiophene rings is 2. The maximum atomic E-state index is 13.1. The highest BCUT2D eigenvalue weighted by atomic mass is 32.3. The zero-order chi connectivity index (χ0) is 52.1. The number of methoxy groups -OCH3 is 2. The number of ether oxygens (including phenoxy) is 2. The lowest BCUT2D eigenvalue weighted by atomic mass is 10.0. The van der Waals surface area contributed by atoms with E-state index in [4.69, 9.17) is 9.47 Å². The summed E-state index contributed by atoms with van der Waals surface area (Å²) in [5.74, 6) is -0.943. The lowest BCUT2D eigenvalue weighted by Crippen LogP contribution is -2.32. The molecule has 0 spiro atoms. The Morgan fingerprint density at radius 2 is 0.986 bits per heavy atom. The summed E-state index contributed by atoms with van der Waals surface area (Å²) >= 11 is 2.24. The summed E-state index contributed by atoms with van der Waals surface area (Å²) in [5.41, 5.74) is 4.49. The Hall–Kier alpha value is -7.54. The molecule has 2 amide bonds. The largest absolute Gasteiger partial charge is 0.480 e. The van der Waals surface area contributed by atoms with Gasteiger partial charge >= 0.3 is 0 Å². The molecule has 0 radical (unpaired) electrons. The van der Waals surface area contributed by atoms with Crippen molar-refractivity contribution < 1.29 is 35.9 Å². The molecular weight excluding hydrogens is 1000 g/mol. The van der Waals surface area contributed by atoms with E-state index >= 15 is 0 Å².